The monoisotopic (exact) mass is 352 g/mol. The Morgan fingerprint density at radius 3 is 2.19 bits per heavy atom. The highest BCUT2D eigenvalue weighted by Gasteiger charge is 2.25. The van der Waals surface area contributed by atoms with Crippen LogP contribution in [0.5, 0.6) is 0 Å². The topological polar surface area (TPSA) is 80.4 Å². The molecule has 0 saturated carbocycles. The number of carbonyl (C=O) groups excluding carboxylic acids is 1. The van der Waals surface area contributed by atoms with Crippen LogP contribution in [0.4, 0.5) is 4.79 Å². The van der Waals surface area contributed by atoms with Crippen LogP contribution < -0.4 is 0 Å². The van der Waals surface area contributed by atoms with E-state index in [1.807, 2.05) is 57.2 Å². The van der Waals surface area contributed by atoms with E-state index in [2.05, 4.69) is 4.90 Å². The molecule has 1 aromatic rings. The van der Waals surface area contributed by atoms with Gasteiger partial charge >= 0.3 is 6.09 Å². The molecule has 6 nitrogen and oxygen atoms in total. The van der Waals surface area contributed by atoms with E-state index in [1.54, 1.807) is 11.0 Å². The third kappa shape index (κ3) is 5.91. The number of nitrogens with zero attached hydrogens (tertiary/aromatic N) is 4. The second-order valence-electron chi connectivity index (χ2n) is 7.27. The molecule has 0 aromatic heterocycles. The fourth-order valence-corrected chi connectivity index (χ4v) is 2.65. The molecule has 2 rings (SSSR count). The van der Waals surface area contributed by atoms with Crippen molar-refractivity contribution < 1.29 is 9.53 Å². The van der Waals surface area contributed by atoms with Crippen LogP contribution in [0.15, 0.2) is 29.8 Å². The first-order valence-corrected chi connectivity index (χ1v) is 8.62. The molecule has 1 aliphatic heterocycles. The highest BCUT2D eigenvalue weighted by atomic mass is 16.6. The molecule has 1 amide bonds. The Hall–Kier alpha value is -2.83. The molecule has 0 atom stereocenters. The molecule has 0 radical (unpaired) electrons. The van der Waals surface area contributed by atoms with Gasteiger partial charge in [0, 0.05) is 32.7 Å². The second kappa shape index (κ2) is 8.51. The van der Waals surface area contributed by atoms with Gasteiger partial charge in [-0.3, -0.25) is 4.90 Å². The fourth-order valence-electron chi connectivity index (χ4n) is 2.65. The maximum atomic E-state index is 12.1. The van der Waals surface area contributed by atoms with Crippen molar-refractivity contribution in [1.82, 2.24) is 9.80 Å². The number of benzene rings is 1. The maximum Gasteiger partial charge on any atom is 0.410 e. The van der Waals surface area contributed by atoms with Gasteiger partial charge in [-0.25, -0.2) is 4.79 Å². The quantitative estimate of drug-likeness (QED) is 0.781. The standard InChI is InChI=1S/C20H24N4O2/c1-20(2,3)26-19(25)24-10-8-23(9-11-24)15-17-6-4-16(5-7-17)12-18(13-21)14-22/h4-7,12H,8-11,15H2,1-3H3. The summed E-state index contributed by atoms with van der Waals surface area (Å²) < 4.78 is 5.41. The van der Waals surface area contributed by atoms with Crippen LogP contribution >= 0.6 is 0 Å². The summed E-state index contributed by atoms with van der Waals surface area (Å²) >= 11 is 0. The SMILES string of the molecule is CC(C)(C)OC(=O)N1CCN(Cc2ccc(C=C(C#N)C#N)cc2)CC1. The van der Waals surface area contributed by atoms with Gasteiger partial charge in [-0.05, 0) is 38.0 Å². The average molecular weight is 352 g/mol. The van der Waals surface area contributed by atoms with Crippen molar-refractivity contribution in [2.24, 2.45) is 0 Å². The predicted octanol–water partition coefficient (Wildman–Crippen LogP) is 3.17. The van der Waals surface area contributed by atoms with E-state index >= 15 is 0 Å². The Morgan fingerprint density at radius 1 is 1.12 bits per heavy atom. The van der Waals surface area contributed by atoms with E-state index in [1.165, 1.54) is 0 Å². The van der Waals surface area contributed by atoms with Crippen molar-refractivity contribution in [3.05, 3.63) is 41.0 Å². The van der Waals surface area contributed by atoms with Crippen LogP contribution in [0.2, 0.25) is 0 Å². The lowest BCUT2D eigenvalue weighted by Gasteiger charge is -2.35. The van der Waals surface area contributed by atoms with Gasteiger partial charge in [-0.2, -0.15) is 10.5 Å². The van der Waals surface area contributed by atoms with Crippen LogP contribution in [-0.2, 0) is 11.3 Å². The van der Waals surface area contributed by atoms with Gasteiger partial charge < -0.3 is 9.64 Å². The highest BCUT2D eigenvalue weighted by Crippen LogP contribution is 2.14. The van der Waals surface area contributed by atoms with E-state index in [9.17, 15) is 4.79 Å². The van der Waals surface area contributed by atoms with Gasteiger partial charge in [0.15, 0.2) is 0 Å². The van der Waals surface area contributed by atoms with Crippen LogP contribution in [0.25, 0.3) is 6.08 Å². The molecule has 0 bridgehead atoms. The first-order valence-electron chi connectivity index (χ1n) is 8.62. The fraction of sp³-hybridized carbons (Fsp3) is 0.450. The van der Waals surface area contributed by atoms with Crippen LogP contribution in [0.1, 0.15) is 31.9 Å². The lowest BCUT2D eigenvalue weighted by molar-refractivity contribution is 0.0139. The zero-order valence-electron chi connectivity index (χ0n) is 15.5. The molecule has 0 unspecified atom stereocenters. The van der Waals surface area contributed by atoms with Crippen LogP contribution in [0, 0.1) is 22.7 Å². The number of piperazine rings is 1. The smallest absolute Gasteiger partial charge is 0.410 e. The number of ether oxygens (including phenoxy) is 1. The molecule has 1 fully saturated rings. The molecule has 26 heavy (non-hydrogen) atoms. The van der Waals surface area contributed by atoms with E-state index in [-0.39, 0.29) is 11.7 Å². The van der Waals surface area contributed by atoms with Gasteiger partial charge in [0.1, 0.15) is 23.3 Å². The Balaban J connectivity index is 1.86. The first kappa shape index (κ1) is 19.5. The predicted molar refractivity (Wildman–Crippen MR) is 98.7 cm³/mol. The van der Waals surface area contributed by atoms with E-state index < -0.39 is 5.60 Å². The minimum atomic E-state index is -0.471. The summed E-state index contributed by atoms with van der Waals surface area (Å²) in [7, 11) is 0. The number of nitriles is 2. The third-order valence-electron chi connectivity index (χ3n) is 3.96. The molecule has 1 heterocycles. The maximum absolute atomic E-state index is 12.1. The summed E-state index contributed by atoms with van der Waals surface area (Å²) in [5.41, 5.74) is 1.61. The van der Waals surface area contributed by atoms with E-state index in [0.29, 0.717) is 13.1 Å². The Bertz CT molecular complexity index is 724. The van der Waals surface area contributed by atoms with E-state index in [4.69, 9.17) is 15.3 Å². The minimum Gasteiger partial charge on any atom is -0.444 e. The number of hydrogen-bond donors (Lipinski definition) is 0. The number of amides is 1. The van der Waals surface area contributed by atoms with Gasteiger partial charge in [-0.15, -0.1) is 0 Å². The summed E-state index contributed by atoms with van der Waals surface area (Å²) in [5.74, 6) is 0. The molecular weight excluding hydrogens is 328 g/mol. The summed E-state index contributed by atoms with van der Waals surface area (Å²) in [5, 5.41) is 17.6. The van der Waals surface area contributed by atoms with Crippen LogP contribution in [0.3, 0.4) is 0 Å². The number of carbonyl (C=O) groups is 1. The van der Waals surface area contributed by atoms with Crippen molar-refractivity contribution in [2.45, 2.75) is 32.9 Å². The lowest BCUT2D eigenvalue weighted by Crippen LogP contribution is -2.49. The molecule has 0 spiro atoms. The first-order chi connectivity index (χ1) is 12.3. The number of hydrogen-bond acceptors (Lipinski definition) is 5. The van der Waals surface area contributed by atoms with Crippen molar-refractivity contribution in [2.75, 3.05) is 26.2 Å². The number of rotatable bonds is 3. The van der Waals surface area contributed by atoms with Gasteiger partial charge in [0.05, 0.1) is 0 Å². The summed E-state index contributed by atoms with van der Waals surface area (Å²) in [4.78, 5) is 16.1. The molecule has 136 valence electrons. The second-order valence-corrected chi connectivity index (χ2v) is 7.27. The zero-order valence-corrected chi connectivity index (χ0v) is 15.5. The Kier molecular flexibility index (Phi) is 6.38. The normalized spacial score (nSPS) is 14.9. The largest absolute Gasteiger partial charge is 0.444 e. The molecule has 1 aliphatic rings. The van der Waals surface area contributed by atoms with Crippen molar-refractivity contribution in [1.29, 1.82) is 10.5 Å². The zero-order chi connectivity index (χ0) is 19.2. The third-order valence-corrected chi connectivity index (χ3v) is 3.96. The van der Waals surface area contributed by atoms with Crippen molar-refractivity contribution in [3.8, 4) is 12.1 Å². The van der Waals surface area contributed by atoms with Gasteiger partial charge in [-0.1, -0.05) is 24.3 Å². The molecule has 1 aromatic carbocycles. The molecule has 0 aliphatic carbocycles. The molecular formula is C20H24N4O2. The Labute approximate surface area is 154 Å². The summed E-state index contributed by atoms with van der Waals surface area (Å²) in [6, 6.07) is 11.5. The highest BCUT2D eigenvalue weighted by molar-refractivity contribution is 5.68. The van der Waals surface area contributed by atoms with E-state index in [0.717, 1.165) is 30.8 Å². The van der Waals surface area contributed by atoms with Gasteiger partial charge in [0.2, 0.25) is 0 Å². The minimum absolute atomic E-state index is 0.0935. The summed E-state index contributed by atoms with van der Waals surface area (Å²) in [6.07, 6.45) is 1.32. The van der Waals surface area contributed by atoms with Crippen LogP contribution in [-0.4, -0.2) is 47.7 Å². The van der Waals surface area contributed by atoms with Crippen molar-refractivity contribution in [3.63, 3.8) is 0 Å². The number of allylic oxidation sites excluding steroid dienone is 1. The molecule has 6 heteroatoms. The lowest BCUT2D eigenvalue weighted by atomic mass is 10.1. The van der Waals surface area contributed by atoms with Gasteiger partial charge in [0.25, 0.3) is 0 Å². The summed E-state index contributed by atoms with van der Waals surface area (Å²) in [6.45, 7) is 9.33. The molecule has 1 saturated heterocycles. The Morgan fingerprint density at radius 2 is 1.69 bits per heavy atom. The van der Waals surface area contributed by atoms with Crippen molar-refractivity contribution >= 4 is 12.2 Å². The average Bonchev–Trinajstić information content (AvgIpc) is 2.60. The molecule has 0 N–H and O–H groups in total.